The molecule has 0 spiro atoms. The number of nitrogens with zero attached hydrogens (tertiary/aromatic N) is 4. The van der Waals surface area contributed by atoms with Crippen LogP contribution in [0.2, 0.25) is 0 Å². The lowest BCUT2D eigenvalue weighted by Gasteiger charge is -2.11. The van der Waals surface area contributed by atoms with E-state index in [2.05, 4.69) is 15.5 Å². The van der Waals surface area contributed by atoms with Crippen LogP contribution in [0.1, 0.15) is 11.1 Å². The summed E-state index contributed by atoms with van der Waals surface area (Å²) in [7, 11) is 0. The lowest BCUT2D eigenvalue weighted by molar-refractivity contribution is -0.384. The van der Waals surface area contributed by atoms with Crippen LogP contribution in [-0.2, 0) is 11.0 Å². The highest BCUT2D eigenvalue weighted by Gasteiger charge is 2.30. The largest absolute Gasteiger partial charge is 0.416 e. The summed E-state index contributed by atoms with van der Waals surface area (Å²) < 4.78 is 40.5. The van der Waals surface area contributed by atoms with Crippen molar-refractivity contribution in [3.63, 3.8) is 0 Å². The Morgan fingerprint density at radius 2 is 1.75 bits per heavy atom. The van der Waals surface area contributed by atoms with Gasteiger partial charge in [0.05, 0.1) is 16.2 Å². The van der Waals surface area contributed by atoms with Crippen LogP contribution in [0.25, 0.3) is 17.1 Å². The predicted molar refractivity (Wildman–Crippen MR) is 129 cm³/mol. The number of nitrogens with one attached hydrogen (secondary N) is 1. The molecule has 0 radical (unpaired) electrons. The van der Waals surface area contributed by atoms with E-state index in [9.17, 15) is 28.1 Å². The number of hydrogen-bond donors (Lipinski definition) is 1. The minimum atomic E-state index is -4.52. The molecule has 12 heteroatoms. The first-order valence-corrected chi connectivity index (χ1v) is 11.5. The summed E-state index contributed by atoms with van der Waals surface area (Å²) in [5.74, 6) is -0.246. The Morgan fingerprint density at radius 3 is 2.39 bits per heavy atom. The minimum absolute atomic E-state index is 0.0296. The van der Waals surface area contributed by atoms with Crippen LogP contribution < -0.4 is 5.32 Å². The van der Waals surface area contributed by atoms with Crippen LogP contribution in [-0.4, -0.2) is 31.3 Å². The van der Waals surface area contributed by atoms with Gasteiger partial charge in [0.1, 0.15) is 0 Å². The van der Waals surface area contributed by atoms with Crippen molar-refractivity contribution in [2.24, 2.45) is 0 Å². The lowest BCUT2D eigenvalue weighted by Crippen LogP contribution is -2.15. The molecule has 0 bridgehead atoms. The standard InChI is InChI=1S/C24H18F3N5O3S/c1-15-5-9-19(10-6-15)31-22(16-7-11-20(12-8-16)32(34)35)29-30-23(31)36-14-21(33)28-18-4-2-3-17(13-18)24(25,26)27/h2-13H,14H2,1H3,(H,28,33). The second-order valence-electron chi connectivity index (χ2n) is 7.70. The van der Waals surface area contributed by atoms with Crippen molar-refractivity contribution >= 4 is 29.0 Å². The number of non-ortho nitro benzene ring substituents is 1. The number of aryl methyl sites for hydroxylation is 1. The molecule has 0 aliphatic heterocycles. The first-order chi connectivity index (χ1) is 17.1. The number of nitro benzene ring substituents is 1. The van der Waals surface area contributed by atoms with E-state index in [4.69, 9.17) is 0 Å². The molecule has 4 rings (SSSR count). The van der Waals surface area contributed by atoms with E-state index >= 15 is 0 Å². The maximum atomic E-state index is 12.9. The number of rotatable bonds is 7. The van der Waals surface area contributed by atoms with Crippen LogP contribution in [0, 0.1) is 17.0 Å². The fraction of sp³-hybridized carbons (Fsp3) is 0.125. The highest BCUT2D eigenvalue weighted by atomic mass is 32.2. The zero-order chi connectivity index (χ0) is 25.9. The second kappa shape index (κ2) is 10.2. The van der Waals surface area contributed by atoms with Gasteiger partial charge < -0.3 is 5.32 Å². The van der Waals surface area contributed by atoms with Crippen LogP contribution >= 0.6 is 11.8 Å². The topological polar surface area (TPSA) is 103 Å². The summed E-state index contributed by atoms with van der Waals surface area (Å²) in [6.07, 6.45) is -4.52. The zero-order valence-electron chi connectivity index (χ0n) is 18.7. The molecule has 0 fully saturated rings. The van der Waals surface area contributed by atoms with Crippen LogP contribution in [0.4, 0.5) is 24.5 Å². The van der Waals surface area contributed by atoms with E-state index in [1.165, 1.54) is 24.3 Å². The molecule has 4 aromatic rings. The van der Waals surface area contributed by atoms with Crippen molar-refractivity contribution in [2.75, 3.05) is 11.1 Å². The number of anilines is 1. The molecule has 0 saturated heterocycles. The monoisotopic (exact) mass is 513 g/mol. The molecule has 3 aromatic carbocycles. The van der Waals surface area contributed by atoms with Crippen molar-refractivity contribution in [3.05, 3.63) is 94.0 Å². The van der Waals surface area contributed by atoms with Gasteiger partial charge in [-0.2, -0.15) is 13.2 Å². The van der Waals surface area contributed by atoms with Gasteiger partial charge in [0.15, 0.2) is 11.0 Å². The first-order valence-electron chi connectivity index (χ1n) is 10.5. The number of alkyl halides is 3. The van der Waals surface area contributed by atoms with Crippen molar-refractivity contribution < 1.29 is 22.9 Å². The molecule has 1 heterocycles. The van der Waals surface area contributed by atoms with E-state index in [1.807, 2.05) is 31.2 Å². The van der Waals surface area contributed by atoms with Gasteiger partial charge in [-0.25, -0.2) is 0 Å². The quantitative estimate of drug-likeness (QED) is 0.188. The number of nitro groups is 1. The molecule has 36 heavy (non-hydrogen) atoms. The Morgan fingerprint density at radius 1 is 1.06 bits per heavy atom. The summed E-state index contributed by atoms with van der Waals surface area (Å²) in [4.78, 5) is 23.0. The van der Waals surface area contributed by atoms with E-state index in [-0.39, 0.29) is 17.1 Å². The number of halogens is 3. The third-order valence-corrected chi connectivity index (χ3v) is 6.00. The SMILES string of the molecule is Cc1ccc(-n2c(SCC(=O)Nc3cccc(C(F)(F)F)c3)nnc2-c2ccc([N+](=O)[O-])cc2)cc1. The van der Waals surface area contributed by atoms with Gasteiger partial charge in [0, 0.05) is 29.1 Å². The third-order valence-electron chi connectivity index (χ3n) is 5.07. The molecule has 0 aliphatic rings. The normalized spacial score (nSPS) is 11.3. The predicted octanol–water partition coefficient (Wildman–Crippen LogP) is 5.90. The van der Waals surface area contributed by atoms with Gasteiger partial charge in [-0.1, -0.05) is 35.5 Å². The molecule has 1 amide bonds. The number of amides is 1. The first kappa shape index (κ1) is 24.9. The summed E-state index contributed by atoms with van der Waals surface area (Å²) >= 11 is 1.05. The van der Waals surface area contributed by atoms with E-state index < -0.39 is 22.6 Å². The van der Waals surface area contributed by atoms with Crippen LogP contribution in [0.15, 0.2) is 78.0 Å². The molecule has 0 aliphatic carbocycles. The number of carbonyl (C=O) groups excluding carboxylic acids is 1. The van der Waals surface area contributed by atoms with Gasteiger partial charge >= 0.3 is 6.18 Å². The lowest BCUT2D eigenvalue weighted by atomic mass is 10.2. The van der Waals surface area contributed by atoms with Gasteiger partial charge in [-0.15, -0.1) is 10.2 Å². The maximum Gasteiger partial charge on any atom is 0.416 e. The highest BCUT2D eigenvalue weighted by Crippen LogP contribution is 2.31. The molecular weight excluding hydrogens is 495 g/mol. The molecule has 0 atom stereocenters. The minimum Gasteiger partial charge on any atom is -0.325 e. The second-order valence-corrected chi connectivity index (χ2v) is 8.64. The van der Waals surface area contributed by atoms with Crippen molar-refractivity contribution in [2.45, 2.75) is 18.3 Å². The van der Waals surface area contributed by atoms with Gasteiger partial charge in [-0.3, -0.25) is 19.5 Å². The Labute approximate surface area is 207 Å². The van der Waals surface area contributed by atoms with Crippen molar-refractivity contribution in [1.82, 2.24) is 14.8 Å². The maximum absolute atomic E-state index is 12.9. The zero-order valence-corrected chi connectivity index (χ0v) is 19.5. The fourth-order valence-electron chi connectivity index (χ4n) is 3.31. The molecule has 184 valence electrons. The van der Waals surface area contributed by atoms with E-state index in [1.54, 1.807) is 16.7 Å². The molecule has 0 unspecified atom stereocenters. The van der Waals surface area contributed by atoms with Gasteiger partial charge in [0.25, 0.3) is 5.69 Å². The summed E-state index contributed by atoms with van der Waals surface area (Å²) in [6.45, 7) is 1.93. The summed E-state index contributed by atoms with van der Waals surface area (Å²) in [5.41, 5.74) is 1.41. The average Bonchev–Trinajstić information content (AvgIpc) is 3.27. The van der Waals surface area contributed by atoms with E-state index in [0.29, 0.717) is 22.2 Å². The van der Waals surface area contributed by atoms with Crippen LogP contribution in [0.3, 0.4) is 0 Å². The number of thioether (sulfide) groups is 1. The highest BCUT2D eigenvalue weighted by molar-refractivity contribution is 7.99. The summed E-state index contributed by atoms with van der Waals surface area (Å²) in [6, 6.07) is 17.7. The average molecular weight is 514 g/mol. The molecule has 8 nitrogen and oxygen atoms in total. The number of benzene rings is 3. The van der Waals surface area contributed by atoms with E-state index in [0.717, 1.165) is 29.5 Å². The Hall–Kier alpha value is -4.19. The Bertz CT molecular complexity index is 1400. The number of carbonyl (C=O) groups is 1. The third kappa shape index (κ3) is 5.71. The molecular formula is C24H18F3N5O3S. The fourth-order valence-corrected chi connectivity index (χ4v) is 4.06. The Balaban J connectivity index is 1.58. The molecule has 0 saturated carbocycles. The van der Waals surface area contributed by atoms with Gasteiger partial charge in [-0.05, 0) is 49.4 Å². The number of aromatic nitrogens is 3. The molecule has 1 N–H and O–H groups in total. The Kier molecular flexibility index (Phi) is 7.06. The van der Waals surface area contributed by atoms with Crippen molar-refractivity contribution in [3.8, 4) is 17.1 Å². The van der Waals surface area contributed by atoms with Gasteiger partial charge in [0.2, 0.25) is 5.91 Å². The summed E-state index contributed by atoms with van der Waals surface area (Å²) in [5, 5.41) is 22.2. The van der Waals surface area contributed by atoms with Crippen molar-refractivity contribution in [1.29, 1.82) is 0 Å². The smallest absolute Gasteiger partial charge is 0.325 e. The van der Waals surface area contributed by atoms with Crippen LogP contribution in [0.5, 0.6) is 0 Å². The molecule has 1 aromatic heterocycles. The number of hydrogen-bond acceptors (Lipinski definition) is 6.